The number of rotatable bonds is 6. The molecule has 1 heterocycles. The third kappa shape index (κ3) is 5.67. The van der Waals surface area contributed by atoms with Crippen molar-refractivity contribution in [3.63, 3.8) is 0 Å². The van der Waals surface area contributed by atoms with Gasteiger partial charge in [0.05, 0.1) is 18.4 Å². The van der Waals surface area contributed by atoms with Gasteiger partial charge in [0, 0.05) is 12.1 Å². The number of hydrogen-bond donors (Lipinski definition) is 1. The highest BCUT2D eigenvalue weighted by Crippen LogP contribution is 2.20. The molecule has 28 heavy (non-hydrogen) atoms. The number of aromatic nitrogens is 3. The second-order valence-corrected chi connectivity index (χ2v) is 7.64. The van der Waals surface area contributed by atoms with Gasteiger partial charge >= 0.3 is 6.09 Å². The Morgan fingerprint density at radius 1 is 1.04 bits per heavy atom. The maximum atomic E-state index is 11.7. The van der Waals surface area contributed by atoms with E-state index < -0.39 is 5.60 Å². The molecule has 0 aliphatic carbocycles. The molecule has 3 rings (SSSR count). The molecule has 0 bridgehead atoms. The Kier molecular flexibility index (Phi) is 6.09. The van der Waals surface area contributed by atoms with Crippen LogP contribution >= 0.6 is 0 Å². The first-order chi connectivity index (χ1) is 13.4. The molecule has 0 aliphatic heterocycles. The van der Waals surface area contributed by atoms with E-state index in [-0.39, 0.29) is 6.09 Å². The molecule has 6 nitrogen and oxygen atoms in total. The molecule has 1 amide bonds. The topological polar surface area (TPSA) is 69.0 Å². The Morgan fingerprint density at radius 3 is 2.43 bits per heavy atom. The summed E-state index contributed by atoms with van der Waals surface area (Å²) >= 11 is 0. The minimum absolute atomic E-state index is 0.389. The number of alkyl carbamates (subject to hydrolysis) is 1. The standard InChI is InChI=1S/C22H26N4O2/c1-22(2,3)28-21(27)23-14-13-17-9-11-19(12-10-17)20-15-24-25-26(20)16-18-7-5-4-6-8-18/h4-12,15H,13-14,16H2,1-3H3,(H,23,27). The van der Waals surface area contributed by atoms with E-state index in [0.29, 0.717) is 13.1 Å². The minimum atomic E-state index is -0.484. The second kappa shape index (κ2) is 8.69. The van der Waals surface area contributed by atoms with E-state index >= 15 is 0 Å². The zero-order valence-corrected chi connectivity index (χ0v) is 16.6. The quantitative estimate of drug-likeness (QED) is 0.702. The number of nitrogens with zero attached hydrogens (tertiary/aromatic N) is 3. The molecule has 3 aromatic rings. The Bertz CT molecular complexity index is 896. The van der Waals surface area contributed by atoms with Gasteiger partial charge in [0.1, 0.15) is 5.60 Å². The van der Waals surface area contributed by atoms with Crippen molar-refractivity contribution in [3.05, 3.63) is 71.9 Å². The van der Waals surface area contributed by atoms with Crippen LogP contribution in [0.2, 0.25) is 0 Å². The molecule has 0 unspecified atom stereocenters. The lowest BCUT2D eigenvalue weighted by molar-refractivity contribution is 0.0528. The first-order valence-corrected chi connectivity index (χ1v) is 9.39. The van der Waals surface area contributed by atoms with E-state index in [0.717, 1.165) is 23.2 Å². The highest BCUT2D eigenvalue weighted by Gasteiger charge is 2.15. The van der Waals surface area contributed by atoms with Gasteiger partial charge in [0.15, 0.2) is 0 Å². The zero-order valence-electron chi connectivity index (χ0n) is 16.6. The molecule has 6 heteroatoms. The summed E-state index contributed by atoms with van der Waals surface area (Å²) in [5.41, 5.74) is 3.87. The monoisotopic (exact) mass is 378 g/mol. The summed E-state index contributed by atoms with van der Waals surface area (Å²) in [5.74, 6) is 0. The number of benzene rings is 2. The van der Waals surface area contributed by atoms with Gasteiger partial charge in [-0.3, -0.25) is 0 Å². The summed E-state index contributed by atoms with van der Waals surface area (Å²) < 4.78 is 7.14. The summed E-state index contributed by atoms with van der Waals surface area (Å²) in [6.07, 6.45) is 2.13. The van der Waals surface area contributed by atoms with Gasteiger partial charge in [-0.1, -0.05) is 59.8 Å². The van der Waals surface area contributed by atoms with Gasteiger partial charge in [-0.15, -0.1) is 5.10 Å². The molecule has 0 aliphatic rings. The molecule has 0 saturated carbocycles. The third-order valence-corrected chi connectivity index (χ3v) is 4.12. The van der Waals surface area contributed by atoms with E-state index in [1.54, 1.807) is 6.20 Å². The molecule has 0 saturated heterocycles. The smallest absolute Gasteiger partial charge is 0.407 e. The van der Waals surface area contributed by atoms with Crippen LogP contribution in [0.5, 0.6) is 0 Å². The van der Waals surface area contributed by atoms with Crippen LogP contribution in [0.4, 0.5) is 4.79 Å². The predicted molar refractivity (Wildman–Crippen MR) is 109 cm³/mol. The van der Waals surface area contributed by atoms with Gasteiger partial charge in [0.25, 0.3) is 0 Å². The largest absolute Gasteiger partial charge is 0.444 e. The Balaban J connectivity index is 1.58. The van der Waals surface area contributed by atoms with E-state index in [1.165, 1.54) is 5.56 Å². The van der Waals surface area contributed by atoms with E-state index in [4.69, 9.17) is 4.74 Å². The van der Waals surface area contributed by atoms with Gasteiger partial charge in [0.2, 0.25) is 0 Å². The normalized spacial score (nSPS) is 11.2. The maximum absolute atomic E-state index is 11.7. The number of amides is 1. The summed E-state index contributed by atoms with van der Waals surface area (Å²) in [7, 11) is 0. The van der Waals surface area contributed by atoms with Gasteiger partial charge in [-0.2, -0.15) is 0 Å². The molecule has 0 fully saturated rings. The van der Waals surface area contributed by atoms with Crippen LogP contribution in [0.3, 0.4) is 0 Å². The van der Waals surface area contributed by atoms with Gasteiger partial charge < -0.3 is 10.1 Å². The van der Waals surface area contributed by atoms with Crippen LogP contribution in [0.15, 0.2) is 60.8 Å². The minimum Gasteiger partial charge on any atom is -0.444 e. The van der Waals surface area contributed by atoms with Crippen LogP contribution in [0.25, 0.3) is 11.3 Å². The van der Waals surface area contributed by atoms with Crippen LogP contribution in [0.1, 0.15) is 31.9 Å². The fourth-order valence-corrected chi connectivity index (χ4v) is 2.82. The first kappa shape index (κ1) is 19.6. The molecular weight excluding hydrogens is 352 g/mol. The van der Waals surface area contributed by atoms with Crippen LogP contribution < -0.4 is 5.32 Å². The van der Waals surface area contributed by atoms with Crippen LogP contribution in [-0.2, 0) is 17.7 Å². The van der Waals surface area contributed by atoms with Crippen molar-refractivity contribution in [3.8, 4) is 11.3 Å². The lowest BCUT2D eigenvalue weighted by Crippen LogP contribution is -2.33. The molecule has 0 atom stereocenters. The van der Waals surface area contributed by atoms with Gasteiger partial charge in [-0.05, 0) is 38.3 Å². The SMILES string of the molecule is CC(C)(C)OC(=O)NCCc1ccc(-c2cnnn2Cc2ccccc2)cc1. The molecular formula is C22H26N4O2. The van der Waals surface area contributed by atoms with Crippen molar-refractivity contribution in [2.45, 2.75) is 39.3 Å². The number of carbonyl (C=O) groups is 1. The highest BCUT2D eigenvalue weighted by atomic mass is 16.6. The summed E-state index contributed by atoms with van der Waals surface area (Å²) in [6.45, 7) is 6.76. The van der Waals surface area contributed by atoms with E-state index in [1.807, 2.05) is 43.7 Å². The van der Waals surface area contributed by atoms with Gasteiger partial charge in [-0.25, -0.2) is 9.48 Å². The van der Waals surface area contributed by atoms with Crippen molar-refractivity contribution in [2.24, 2.45) is 0 Å². The number of hydrogen-bond acceptors (Lipinski definition) is 4. The average Bonchev–Trinajstić information content (AvgIpc) is 3.10. The van der Waals surface area contributed by atoms with E-state index in [9.17, 15) is 4.79 Å². The Labute approximate surface area is 165 Å². The van der Waals surface area contributed by atoms with Crippen molar-refractivity contribution in [2.75, 3.05) is 6.54 Å². The molecule has 0 radical (unpaired) electrons. The molecule has 146 valence electrons. The van der Waals surface area contributed by atoms with Crippen LogP contribution in [0, 0.1) is 0 Å². The maximum Gasteiger partial charge on any atom is 0.407 e. The molecule has 1 N–H and O–H groups in total. The van der Waals surface area contributed by atoms with Crippen LogP contribution in [-0.4, -0.2) is 33.2 Å². The van der Waals surface area contributed by atoms with Crippen molar-refractivity contribution in [1.29, 1.82) is 0 Å². The lowest BCUT2D eigenvalue weighted by Gasteiger charge is -2.19. The summed E-state index contributed by atoms with van der Waals surface area (Å²) in [5, 5.41) is 11.1. The number of ether oxygens (including phenoxy) is 1. The molecule has 1 aromatic heterocycles. The van der Waals surface area contributed by atoms with Crippen molar-refractivity contribution >= 4 is 6.09 Å². The summed E-state index contributed by atoms with van der Waals surface area (Å²) in [6, 6.07) is 18.4. The Hall–Kier alpha value is -3.15. The fourth-order valence-electron chi connectivity index (χ4n) is 2.82. The fraction of sp³-hybridized carbons (Fsp3) is 0.318. The number of carbonyl (C=O) groups excluding carboxylic acids is 1. The second-order valence-electron chi connectivity index (χ2n) is 7.64. The first-order valence-electron chi connectivity index (χ1n) is 9.39. The zero-order chi connectivity index (χ0) is 20.0. The van der Waals surface area contributed by atoms with E-state index in [2.05, 4.69) is 52.0 Å². The summed E-state index contributed by atoms with van der Waals surface area (Å²) in [4.78, 5) is 11.7. The third-order valence-electron chi connectivity index (χ3n) is 4.12. The predicted octanol–water partition coefficient (Wildman–Crippen LogP) is 4.06. The molecule has 2 aromatic carbocycles. The average molecular weight is 378 g/mol. The molecule has 0 spiro atoms. The number of nitrogens with one attached hydrogen (secondary N) is 1. The van der Waals surface area contributed by atoms with Crippen molar-refractivity contribution in [1.82, 2.24) is 20.3 Å². The Morgan fingerprint density at radius 2 is 1.75 bits per heavy atom. The highest BCUT2D eigenvalue weighted by molar-refractivity contribution is 5.67. The lowest BCUT2D eigenvalue weighted by atomic mass is 10.1. The van der Waals surface area contributed by atoms with Crippen molar-refractivity contribution < 1.29 is 9.53 Å².